The molecule has 0 aliphatic carbocycles. The zero-order valence-electron chi connectivity index (χ0n) is 15.3. The Morgan fingerprint density at radius 1 is 1.20 bits per heavy atom. The minimum Gasteiger partial charge on any atom is -0.337 e. The topological polar surface area (TPSA) is 74.8 Å². The fourth-order valence-electron chi connectivity index (χ4n) is 3.16. The maximum Gasteiger partial charge on any atom is 0.242 e. The van der Waals surface area contributed by atoms with Crippen molar-refractivity contribution in [1.82, 2.24) is 4.90 Å². The van der Waals surface area contributed by atoms with Crippen molar-refractivity contribution in [1.29, 1.82) is 0 Å². The van der Waals surface area contributed by atoms with E-state index < -0.39 is 9.84 Å². The van der Waals surface area contributed by atoms with E-state index in [4.69, 9.17) is 0 Å². The molecular weight excluding hydrogens is 340 g/mol. The highest BCUT2D eigenvalue weighted by Crippen LogP contribution is 2.21. The van der Waals surface area contributed by atoms with Gasteiger partial charge in [-0.2, -0.15) is 0 Å². The maximum atomic E-state index is 12.7. The molecule has 0 N–H and O–H groups in total. The monoisotopic (exact) mass is 366 g/mol. The summed E-state index contributed by atoms with van der Waals surface area (Å²) in [6.07, 6.45) is 0.464. The standard InChI is InChI=1S/C18H26N2O4S/c1-5-19(17-8-9-25(23,24)12-17)18(22)11-20(15(4)21)16-7-6-13(2)14(3)10-16/h6-7,10,17H,5,8-9,11-12H2,1-4H3. The molecule has 1 aromatic rings. The Morgan fingerprint density at radius 2 is 1.88 bits per heavy atom. The summed E-state index contributed by atoms with van der Waals surface area (Å²) in [7, 11) is -3.07. The fraction of sp³-hybridized carbons (Fsp3) is 0.556. The van der Waals surface area contributed by atoms with E-state index in [1.165, 1.54) is 11.8 Å². The van der Waals surface area contributed by atoms with Gasteiger partial charge in [0.1, 0.15) is 6.54 Å². The van der Waals surface area contributed by atoms with Crippen LogP contribution in [0.3, 0.4) is 0 Å². The molecule has 1 atom stereocenters. The van der Waals surface area contributed by atoms with Crippen LogP contribution in [0.5, 0.6) is 0 Å². The first-order valence-corrected chi connectivity index (χ1v) is 10.3. The van der Waals surface area contributed by atoms with Crippen LogP contribution < -0.4 is 4.90 Å². The average molecular weight is 366 g/mol. The summed E-state index contributed by atoms with van der Waals surface area (Å²) >= 11 is 0. The third kappa shape index (κ3) is 4.60. The molecule has 1 aliphatic heterocycles. The van der Waals surface area contributed by atoms with E-state index in [0.29, 0.717) is 18.7 Å². The molecule has 0 spiro atoms. The second kappa shape index (κ2) is 7.56. The highest BCUT2D eigenvalue weighted by molar-refractivity contribution is 7.91. The summed E-state index contributed by atoms with van der Waals surface area (Å²) in [6.45, 7) is 7.55. The van der Waals surface area contributed by atoms with Crippen LogP contribution in [0.25, 0.3) is 0 Å². The van der Waals surface area contributed by atoms with Crippen LogP contribution in [0.4, 0.5) is 5.69 Å². The minimum absolute atomic E-state index is 0.0102. The van der Waals surface area contributed by atoms with E-state index in [2.05, 4.69) is 0 Å². The Bertz CT molecular complexity index is 773. The van der Waals surface area contributed by atoms with Gasteiger partial charge >= 0.3 is 0 Å². The number of anilines is 1. The van der Waals surface area contributed by atoms with E-state index in [1.807, 2.05) is 39.0 Å². The number of benzene rings is 1. The molecule has 138 valence electrons. The second-order valence-corrected chi connectivity index (χ2v) is 8.84. The summed E-state index contributed by atoms with van der Waals surface area (Å²) in [6, 6.07) is 5.34. The molecule has 0 radical (unpaired) electrons. The molecule has 1 heterocycles. The van der Waals surface area contributed by atoms with Gasteiger partial charge in [0.25, 0.3) is 0 Å². The molecule has 1 unspecified atom stereocenters. The number of carbonyl (C=O) groups excluding carboxylic acids is 2. The van der Waals surface area contributed by atoms with Crippen LogP contribution in [0.2, 0.25) is 0 Å². The van der Waals surface area contributed by atoms with E-state index in [-0.39, 0.29) is 35.9 Å². The van der Waals surface area contributed by atoms with Crippen LogP contribution >= 0.6 is 0 Å². The summed E-state index contributed by atoms with van der Waals surface area (Å²) in [5.41, 5.74) is 2.84. The summed E-state index contributed by atoms with van der Waals surface area (Å²) in [5.74, 6) is -0.310. The Kier molecular flexibility index (Phi) is 5.87. The molecule has 2 amide bonds. The van der Waals surface area contributed by atoms with Gasteiger partial charge < -0.3 is 9.80 Å². The lowest BCUT2D eigenvalue weighted by molar-refractivity contribution is -0.132. The fourth-order valence-corrected chi connectivity index (χ4v) is 4.89. The molecule has 0 bridgehead atoms. The van der Waals surface area contributed by atoms with Crippen LogP contribution in [0.1, 0.15) is 31.4 Å². The van der Waals surface area contributed by atoms with Crippen molar-refractivity contribution >= 4 is 27.3 Å². The van der Waals surface area contributed by atoms with Gasteiger partial charge in [-0.3, -0.25) is 9.59 Å². The van der Waals surface area contributed by atoms with Gasteiger partial charge in [0.05, 0.1) is 11.5 Å². The van der Waals surface area contributed by atoms with Gasteiger partial charge in [-0.1, -0.05) is 6.07 Å². The first-order chi connectivity index (χ1) is 11.6. The van der Waals surface area contributed by atoms with Crippen molar-refractivity contribution in [2.75, 3.05) is 29.5 Å². The summed E-state index contributed by atoms with van der Waals surface area (Å²) in [4.78, 5) is 27.9. The van der Waals surface area contributed by atoms with Crippen LogP contribution in [-0.2, 0) is 19.4 Å². The average Bonchev–Trinajstić information content (AvgIpc) is 2.88. The van der Waals surface area contributed by atoms with E-state index >= 15 is 0 Å². The predicted octanol–water partition coefficient (Wildman–Crippen LogP) is 1.69. The van der Waals surface area contributed by atoms with Crippen molar-refractivity contribution < 1.29 is 18.0 Å². The number of rotatable bonds is 5. The largest absolute Gasteiger partial charge is 0.337 e. The number of aryl methyl sites for hydroxylation is 2. The van der Waals surface area contributed by atoms with Crippen molar-refractivity contribution in [2.24, 2.45) is 0 Å². The third-order valence-electron chi connectivity index (χ3n) is 4.79. The number of carbonyl (C=O) groups is 2. The van der Waals surface area contributed by atoms with Crippen LogP contribution in [0, 0.1) is 13.8 Å². The van der Waals surface area contributed by atoms with Gasteiger partial charge in [-0.05, 0) is 50.5 Å². The SMILES string of the molecule is CCN(C(=O)CN(C(C)=O)c1ccc(C)c(C)c1)C1CCS(=O)(=O)C1. The van der Waals surface area contributed by atoms with E-state index in [0.717, 1.165) is 11.1 Å². The highest BCUT2D eigenvalue weighted by Gasteiger charge is 2.34. The molecular formula is C18H26N2O4S. The lowest BCUT2D eigenvalue weighted by Gasteiger charge is -2.30. The number of hydrogen-bond donors (Lipinski definition) is 0. The Hall–Kier alpha value is -1.89. The van der Waals surface area contributed by atoms with E-state index in [1.54, 1.807) is 4.90 Å². The second-order valence-electron chi connectivity index (χ2n) is 6.61. The molecule has 1 aromatic carbocycles. The number of hydrogen-bond acceptors (Lipinski definition) is 4. The number of sulfone groups is 1. The smallest absolute Gasteiger partial charge is 0.242 e. The van der Waals surface area contributed by atoms with Gasteiger partial charge in [-0.15, -0.1) is 0 Å². The van der Waals surface area contributed by atoms with E-state index in [9.17, 15) is 18.0 Å². The van der Waals surface area contributed by atoms with Crippen molar-refractivity contribution in [3.63, 3.8) is 0 Å². The van der Waals surface area contributed by atoms with Gasteiger partial charge in [0.2, 0.25) is 11.8 Å². The van der Waals surface area contributed by atoms with Gasteiger partial charge in [0, 0.05) is 25.2 Å². The molecule has 0 saturated carbocycles. The summed E-state index contributed by atoms with van der Waals surface area (Å²) < 4.78 is 23.4. The number of amides is 2. The molecule has 7 heteroatoms. The zero-order valence-corrected chi connectivity index (χ0v) is 16.1. The van der Waals surface area contributed by atoms with Crippen LogP contribution in [-0.4, -0.2) is 55.8 Å². The first kappa shape index (κ1) is 19.4. The highest BCUT2D eigenvalue weighted by atomic mass is 32.2. The first-order valence-electron chi connectivity index (χ1n) is 8.50. The van der Waals surface area contributed by atoms with Crippen molar-refractivity contribution in [3.8, 4) is 0 Å². The normalized spacial score (nSPS) is 18.8. The molecule has 1 saturated heterocycles. The number of likely N-dealkylation sites (N-methyl/N-ethyl adjacent to an activating group) is 1. The molecule has 1 aliphatic rings. The van der Waals surface area contributed by atoms with Gasteiger partial charge in [-0.25, -0.2) is 8.42 Å². The van der Waals surface area contributed by atoms with Crippen LogP contribution in [0.15, 0.2) is 18.2 Å². The lowest BCUT2D eigenvalue weighted by atomic mass is 10.1. The Labute approximate surface area is 149 Å². The molecule has 25 heavy (non-hydrogen) atoms. The zero-order chi connectivity index (χ0) is 18.8. The molecule has 0 aromatic heterocycles. The van der Waals surface area contributed by atoms with Crippen molar-refractivity contribution in [2.45, 2.75) is 40.2 Å². The minimum atomic E-state index is -3.07. The molecule has 1 fully saturated rings. The van der Waals surface area contributed by atoms with Crippen molar-refractivity contribution in [3.05, 3.63) is 29.3 Å². The lowest BCUT2D eigenvalue weighted by Crippen LogP contribution is -2.47. The number of nitrogens with zero attached hydrogens (tertiary/aromatic N) is 2. The molecule has 6 nitrogen and oxygen atoms in total. The van der Waals surface area contributed by atoms with Gasteiger partial charge in [0.15, 0.2) is 9.84 Å². The predicted molar refractivity (Wildman–Crippen MR) is 98.4 cm³/mol. The summed E-state index contributed by atoms with van der Waals surface area (Å²) in [5, 5.41) is 0. The Morgan fingerprint density at radius 3 is 2.36 bits per heavy atom. The quantitative estimate of drug-likeness (QED) is 0.795. The maximum absolute atomic E-state index is 12.7. The third-order valence-corrected chi connectivity index (χ3v) is 6.54. The molecule has 2 rings (SSSR count). The Balaban J connectivity index is 2.19.